The Kier molecular flexibility index (Phi) is 7.96. The normalized spacial score (nSPS) is 15.5. The zero-order valence-corrected chi connectivity index (χ0v) is 19.8. The number of benzene rings is 2. The molecule has 0 radical (unpaired) electrons. The highest BCUT2D eigenvalue weighted by Gasteiger charge is 2.22. The summed E-state index contributed by atoms with van der Waals surface area (Å²) >= 11 is 5.75. The maximum absolute atomic E-state index is 12.8. The molecule has 1 atom stereocenters. The van der Waals surface area contributed by atoms with E-state index in [1.807, 2.05) is 49.4 Å². The summed E-state index contributed by atoms with van der Waals surface area (Å²) in [5.74, 6) is 0.789. The molecule has 0 spiro atoms. The van der Waals surface area contributed by atoms with Crippen molar-refractivity contribution in [3.05, 3.63) is 76.1 Å². The van der Waals surface area contributed by atoms with Crippen LogP contribution in [0.4, 0.5) is 0 Å². The minimum absolute atomic E-state index is 0.101. The number of aromatic amines is 1. The monoisotopic (exact) mass is 465 g/mol. The third kappa shape index (κ3) is 6.33. The average molecular weight is 466 g/mol. The van der Waals surface area contributed by atoms with E-state index in [2.05, 4.69) is 27.3 Å². The van der Waals surface area contributed by atoms with Crippen molar-refractivity contribution in [2.24, 2.45) is 0 Å². The molecule has 0 unspecified atom stereocenters. The Morgan fingerprint density at radius 3 is 2.85 bits per heavy atom. The molecule has 7 heteroatoms. The van der Waals surface area contributed by atoms with Gasteiger partial charge in [-0.3, -0.25) is 4.79 Å². The van der Waals surface area contributed by atoms with E-state index in [0.717, 1.165) is 49.1 Å². The molecule has 0 bridgehead atoms. The van der Waals surface area contributed by atoms with Crippen molar-refractivity contribution in [1.29, 1.82) is 0 Å². The van der Waals surface area contributed by atoms with E-state index in [9.17, 15) is 4.79 Å². The lowest BCUT2D eigenvalue weighted by Gasteiger charge is -2.28. The van der Waals surface area contributed by atoms with Gasteiger partial charge in [0.2, 0.25) is 0 Å². The van der Waals surface area contributed by atoms with E-state index in [4.69, 9.17) is 21.7 Å². The molecule has 2 heterocycles. The molecule has 1 aliphatic heterocycles. The van der Waals surface area contributed by atoms with E-state index >= 15 is 0 Å². The number of hydrogen-bond acceptors (Lipinski definition) is 4. The maximum atomic E-state index is 12.8. The molecular weight excluding hydrogens is 434 g/mol. The molecule has 174 valence electrons. The number of pyridine rings is 1. The number of nitrogens with one attached hydrogen (secondary N) is 2. The van der Waals surface area contributed by atoms with Gasteiger partial charge in [-0.1, -0.05) is 30.3 Å². The molecule has 3 aromatic rings. The van der Waals surface area contributed by atoms with Gasteiger partial charge in [-0.15, -0.1) is 0 Å². The topological polar surface area (TPSA) is 66.6 Å². The quantitative estimate of drug-likeness (QED) is 0.465. The number of thiocarbonyl (C=S) groups is 1. The second-order valence-corrected chi connectivity index (χ2v) is 8.68. The smallest absolute Gasteiger partial charge is 0.253 e. The second-order valence-electron chi connectivity index (χ2n) is 8.29. The molecule has 33 heavy (non-hydrogen) atoms. The molecule has 0 amide bonds. The van der Waals surface area contributed by atoms with Crippen LogP contribution in [0.25, 0.3) is 10.9 Å². The summed E-state index contributed by atoms with van der Waals surface area (Å²) in [6.07, 6.45) is 3.08. The van der Waals surface area contributed by atoms with E-state index in [-0.39, 0.29) is 11.7 Å². The van der Waals surface area contributed by atoms with Gasteiger partial charge >= 0.3 is 0 Å². The van der Waals surface area contributed by atoms with Crippen molar-refractivity contribution >= 4 is 28.2 Å². The van der Waals surface area contributed by atoms with Crippen LogP contribution in [-0.4, -0.2) is 47.4 Å². The van der Waals surface area contributed by atoms with Gasteiger partial charge in [-0.05, 0) is 68.2 Å². The highest BCUT2D eigenvalue weighted by atomic mass is 32.1. The first-order valence-corrected chi connectivity index (χ1v) is 12.0. The van der Waals surface area contributed by atoms with Crippen LogP contribution in [0.3, 0.4) is 0 Å². The Morgan fingerprint density at radius 1 is 1.24 bits per heavy atom. The SMILES string of the molecule is CCOc1ccc2[nH]c(=O)c(CN(C[C@H]3CCCO3)C(=S)NCCc3ccccc3)cc2c1. The Hall–Kier alpha value is -2.90. The number of fused-ring (bicyclic) bond motifs is 1. The van der Waals surface area contributed by atoms with Crippen LogP contribution in [0.2, 0.25) is 0 Å². The predicted molar refractivity (Wildman–Crippen MR) is 136 cm³/mol. The molecule has 1 fully saturated rings. The predicted octanol–water partition coefficient (Wildman–Crippen LogP) is 4.03. The van der Waals surface area contributed by atoms with Crippen LogP contribution in [0.15, 0.2) is 59.4 Å². The summed E-state index contributed by atoms with van der Waals surface area (Å²) in [5, 5.41) is 4.96. The lowest BCUT2D eigenvalue weighted by molar-refractivity contribution is 0.0897. The van der Waals surface area contributed by atoms with Crippen molar-refractivity contribution in [3.63, 3.8) is 0 Å². The minimum atomic E-state index is -0.101. The fraction of sp³-hybridized carbons (Fsp3) is 0.385. The van der Waals surface area contributed by atoms with Crippen LogP contribution in [-0.2, 0) is 17.7 Å². The molecule has 2 aromatic carbocycles. The molecule has 6 nitrogen and oxygen atoms in total. The highest BCUT2D eigenvalue weighted by molar-refractivity contribution is 7.80. The summed E-state index contributed by atoms with van der Waals surface area (Å²) in [5.41, 5.74) is 2.62. The molecule has 1 aromatic heterocycles. The zero-order chi connectivity index (χ0) is 23.0. The Morgan fingerprint density at radius 2 is 2.09 bits per heavy atom. The van der Waals surface area contributed by atoms with Gasteiger partial charge < -0.3 is 24.7 Å². The third-order valence-corrected chi connectivity index (χ3v) is 6.24. The van der Waals surface area contributed by atoms with Gasteiger partial charge in [-0.2, -0.15) is 0 Å². The summed E-state index contributed by atoms with van der Waals surface area (Å²) in [4.78, 5) is 17.9. The average Bonchev–Trinajstić information content (AvgIpc) is 3.33. The van der Waals surface area contributed by atoms with Crippen LogP contribution < -0.4 is 15.6 Å². The molecule has 0 saturated carbocycles. The summed E-state index contributed by atoms with van der Waals surface area (Å²) < 4.78 is 11.5. The number of nitrogens with zero attached hydrogens (tertiary/aromatic N) is 1. The first-order chi connectivity index (χ1) is 16.1. The van der Waals surface area contributed by atoms with Gasteiger partial charge in [-0.25, -0.2) is 0 Å². The van der Waals surface area contributed by atoms with Crippen LogP contribution in [0.1, 0.15) is 30.9 Å². The van der Waals surface area contributed by atoms with Gasteiger partial charge in [0.25, 0.3) is 5.56 Å². The fourth-order valence-electron chi connectivity index (χ4n) is 4.13. The van der Waals surface area contributed by atoms with E-state index in [0.29, 0.717) is 30.4 Å². The number of aromatic nitrogens is 1. The third-order valence-electron chi connectivity index (χ3n) is 5.83. The summed E-state index contributed by atoms with van der Waals surface area (Å²) in [6.45, 7) is 5.14. The first kappa shape index (κ1) is 23.3. The molecule has 1 aliphatic rings. The van der Waals surface area contributed by atoms with Crippen molar-refractivity contribution < 1.29 is 9.47 Å². The molecule has 2 N–H and O–H groups in total. The second kappa shape index (κ2) is 11.3. The van der Waals surface area contributed by atoms with Crippen LogP contribution in [0, 0.1) is 0 Å². The van der Waals surface area contributed by atoms with Gasteiger partial charge in [0.1, 0.15) is 5.75 Å². The molecule has 4 rings (SSSR count). The van der Waals surface area contributed by atoms with Gasteiger partial charge in [0, 0.05) is 36.2 Å². The van der Waals surface area contributed by atoms with Crippen molar-refractivity contribution in [3.8, 4) is 5.75 Å². The first-order valence-electron chi connectivity index (χ1n) is 11.6. The molecule has 1 saturated heterocycles. The zero-order valence-electron chi connectivity index (χ0n) is 19.0. The van der Waals surface area contributed by atoms with Crippen LogP contribution in [0.5, 0.6) is 5.75 Å². The van der Waals surface area contributed by atoms with Crippen molar-refractivity contribution in [2.75, 3.05) is 26.3 Å². The fourth-order valence-corrected chi connectivity index (χ4v) is 4.37. The largest absolute Gasteiger partial charge is 0.494 e. The van der Waals surface area contributed by atoms with Crippen molar-refractivity contribution in [1.82, 2.24) is 15.2 Å². The van der Waals surface area contributed by atoms with E-state index in [1.165, 1.54) is 5.56 Å². The summed E-state index contributed by atoms with van der Waals surface area (Å²) in [7, 11) is 0. The van der Waals surface area contributed by atoms with Gasteiger partial charge in [0.15, 0.2) is 5.11 Å². The minimum Gasteiger partial charge on any atom is -0.494 e. The Balaban J connectivity index is 1.50. The number of H-pyrrole nitrogens is 1. The Labute approximate surface area is 199 Å². The standard InChI is InChI=1S/C26H31N3O3S/c1-2-31-22-10-11-24-20(16-22)15-21(25(30)28-24)17-29(18-23-9-6-14-32-23)26(33)27-13-12-19-7-4-3-5-8-19/h3-5,7-8,10-11,15-16,23H,2,6,9,12-14,17-18H2,1H3,(H,27,33)(H,28,30)/t23-/m1/s1. The number of ether oxygens (including phenoxy) is 2. The summed E-state index contributed by atoms with van der Waals surface area (Å²) in [6, 6.07) is 18.0. The molecule has 0 aliphatic carbocycles. The number of hydrogen-bond donors (Lipinski definition) is 2. The number of rotatable bonds is 9. The lowest BCUT2D eigenvalue weighted by atomic mass is 10.1. The lowest BCUT2D eigenvalue weighted by Crippen LogP contribution is -2.44. The molecular formula is C26H31N3O3S. The maximum Gasteiger partial charge on any atom is 0.253 e. The van der Waals surface area contributed by atoms with E-state index in [1.54, 1.807) is 0 Å². The van der Waals surface area contributed by atoms with Crippen LogP contribution >= 0.6 is 12.2 Å². The van der Waals surface area contributed by atoms with Gasteiger partial charge in [0.05, 0.1) is 19.3 Å². The highest BCUT2D eigenvalue weighted by Crippen LogP contribution is 2.20. The van der Waals surface area contributed by atoms with Crippen molar-refractivity contribution in [2.45, 2.75) is 38.8 Å². The Bertz CT molecular complexity index is 1130. The van der Waals surface area contributed by atoms with E-state index < -0.39 is 0 Å².